The van der Waals surface area contributed by atoms with Crippen molar-refractivity contribution in [2.24, 2.45) is 10.9 Å². The smallest absolute Gasteiger partial charge is 0.411 e. The number of hydrogen-bond donors (Lipinski definition) is 0. The minimum absolute atomic E-state index is 0.272. The maximum absolute atomic E-state index is 13.0. The molecule has 1 saturated carbocycles. The zero-order valence-corrected chi connectivity index (χ0v) is 21.9. The number of ether oxygens (including phenoxy) is 1. The average molecular weight is 516 g/mol. The average Bonchev–Trinajstić information content (AvgIpc) is 3.13. The Labute approximate surface area is 216 Å². The molecule has 9 heteroatoms. The normalized spacial score (nSPS) is 24.3. The predicted molar refractivity (Wildman–Crippen MR) is 137 cm³/mol. The number of rotatable bonds is 2. The lowest BCUT2D eigenvalue weighted by molar-refractivity contribution is 0.0214. The number of halogens is 2. The Morgan fingerprint density at radius 1 is 1.09 bits per heavy atom. The first kappa shape index (κ1) is 24.3. The lowest BCUT2D eigenvalue weighted by Crippen LogP contribution is -2.35. The van der Waals surface area contributed by atoms with Crippen LogP contribution in [0.1, 0.15) is 76.0 Å². The second kappa shape index (κ2) is 9.58. The summed E-state index contributed by atoms with van der Waals surface area (Å²) in [5.41, 5.74) is 1.35. The Hall–Kier alpha value is -2.38. The maximum Gasteiger partial charge on any atom is 0.411 e. The summed E-state index contributed by atoms with van der Waals surface area (Å²) in [5, 5.41) is 10.7. The summed E-state index contributed by atoms with van der Waals surface area (Å²) in [5.74, 6) is 2.52. The quantitative estimate of drug-likeness (QED) is 0.462. The summed E-state index contributed by atoms with van der Waals surface area (Å²) < 4.78 is 7.80. The van der Waals surface area contributed by atoms with Crippen LogP contribution in [0.15, 0.2) is 34.3 Å². The van der Waals surface area contributed by atoms with Crippen LogP contribution in [0.2, 0.25) is 5.02 Å². The highest BCUT2D eigenvalue weighted by atomic mass is 35.5. The van der Waals surface area contributed by atoms with Gasteiger partial charge in [-0.2, -0.15) is 0 Å². The summed E-state index contributed by atoms with van der Waals surface area (Å²) >= 11 is 12.6. The molecule has 1 aromatic heterocycles. The minimum atomic E-state index is -0.583. The number of carbonyl (C=O) groups is 1. The van der Waals surface area contributed by atoms with Crippen LogP contribution in [-0.4, -0.2) is 43.6 Å². The molecule has 1 aromatic carbocycles. The molecule has 1 atom stereocenters. The SMILES string of the molecule is CC(C)(C)OC(=O)N1Cc2cc(Cl)ccc2-n2c(nnc2C2CCC(C3CC(Cl)=CC=N3)CC2)C1. The van der Waals surface area contributed by atoms with Crippen LogP contribution in [0.4, 0.5) is 4.79 Å². The second-order valence-electron chi connectivity index (χ2n) is 10.7. The Kier molecular flexibility index (Phi) is 6.66. The second-order valence-corrected chi connectivity index (χ2v) is 11.6. The van der Waals surface area contributed by atoms with Gasteiger partial charge in [0.1, 0.15) is 11.4 Å². The number of amides is 1. The molecule has 35 heavy (non-hydrogen) atoms. The molecule has 0 N–H and O–H groups in total. The molecule has 5 rings (SSSR count). The molecule has 1 unspecified atom stereocenters. The lowest BCUT2D eigenvalue weighted by atomic mass is 9.77. The molecular formula is C26H31Cl2N5O2. The molecule has 2 aliphatic heterocycles. The van der Waals surface area contributed by atoms with Gasteiger partial charge in [-0.3, -0.25) is 14.5 Å². The summed E-state index contributed by atoms with van der Waals surface area (Å²) in [6.45, 7) is 6.33. The molecule has 3 heterocycles. The fourth-order valence-electron chi connectivity index (χ4n) is 5.35. The Morgan fingerprint density at radius 3 is 2.57 bits per heavy atom. The van der Waals surface area contributed by atoms with Crippen LogP contribution in [0.3, 0.4) is 0 Å². The monoisotopic (exact) mass is 515 g/mol. The number of aromatic nitrogens is 3. The van der Waals surface area contributed by atoms with Crippen LogP contribution in [-0.2, 0) is 17.8 Å². The van der Waals surface area contributed by atoms with Crippen molar-refractivity contribution < 1.29 is 9.53 Å². The number of dihydropyridines is 1. The van der Waals surface area contributed by atoms with Crippen molar-refractivity contribution in [3.63, 3.8) is 0 Å². The zero-order valence-electron chi connectivity index (χ0n) is 20.4. The predicted octanol–water partition coefficient (Wildman–Crippen LogP) is 6.41. The van der Waals surface area contributed by atoms with Gasteiger partial charge in [-0.1, -0.05) is 23.2 Å². The highest BCUT2D eigenvalue weighted by Gasteiger charge is 2.34. The molecule has 1 aliphatic carbocycles. The summed E-state index contributed by atoms with van der Waals surface area (Å²) in [6.07, 6.45) is 8.40. The van der Waals surface area contributed by atoms with E-state index in [0.717, 1.165) is 60.0 Å². The van der Waals surface area contributed by atoms with E-state index in [-0.39, 0.29) is 12.1 Å². The Bertz CT molecular complexity index is 1170. The van der Waals surface area contributed by atoms with Gasteiger partial charge in [-0.25, -0.2) is 4.79 Å². The highest BCUT2D eigenvalue weighted by molar-refractivity contribution is 6.31. The zero-order chi connectivity index (χ0) is 24.7. The molecule has 2 aromatic rings. The summed E-state index contributed by atoms with van der Waals surface area (Å²) in [6, 6.07) is 6.08. The fourth-order valence-corrected chi connectivity index (χ4v) is 5.76. The van der Waals surface area contributed by atoms with Crippen molar-refractivity contribution in [1.82, 2.24) is 19.7 Å². The van der Waals surface area contributed by atoms with E-state index in [9.17, 15) is 4.79 Å². The van der Waals surface area contributed by atoms with Crippen molar-refractivity contribution in [2.45, 2.75) is 83.5 Å². The summed E-state index contributed by atoms with van der Waals surface area (Å²) in [7, 11) is 0. The molecule has 0 spiro atoms. The van der Waals surface area contributed by atoms with Crippen molar-refractivity contribution in [1.29, 1.82) is 0 Å². The Morgan fingerprint density at radius 2 is 1.86 bits per heavy atom. The number of benzene rings is 1. The first-order chi connectivity index (χ1) is 16.7. The van der Waals surface area contributed by atoms with Gasteiger partial charge in [0, 0.05) is 28.6 Å². The minimum Gasteiger partial charge on any atom is -0.444 e. The molecule has 186 valence electrons. The first-order valence-electron chi connectivity index (χ1n) is 12.3. The van der Waals surface area contributed by atoms with Crippen LogP contribution in [0.5, 0.6) is 0 Å². The van der Waals surface area contributed by atoms with Crippen molar-refractivity contribution in [3.8, 4) is 5.69 Å². The molecule has 3 aliphatic rings. The Balaban J connectivity index is 1.41. The van der Waals surface area contributed by atoms with Gasteiger partial charge >= 0.3 is 6.09 Å². The van der Waals surface area contributed by atoms with Crippen LogP contribution >= 0.6 is 23.2 Å². The van der Waals surface area contributed by atoms with Gasteiger partial charge in [0.05, 0.1) is 24.8 Å². The molecule has 1 amide bonds. The number of hydrogen-bond acceptors (Lipinski definition) is 5. The third-order valence-corrected chi connectivity index (χ3v) is 7.52. The number of carbonyl (C=O) groups excluding carboxylic acids is 1. The molecule has 1 fully saturated rings. The number of aliphatic imine (C=N–C) groups is 1. The van der Waals surface area contributed by atoms with Crippen LogP contribution in [0, 0.1) is 5.92 Å². The van der Waals surface area contributed by atoms with E-state index in [1.54, 1.807) is 4.90 Å². The van der Waals surface area contributed by atoms with Gasteiger partial charge < -0.3 is 4.74 Å². The van der Waals surface area contributed by atoms with Gasteiger partial charge in [0.2, 0.25) is 0 Å². The van der Waals surface area contributed by atoms with E-state index in [1.807, 2.05) is 51.3 Å². The number of nitrogens with zero attached hydrogens (tertiary/aromatic N) is 5. The molecule has 0 bridgehead atoms. The van der Waals surface area contributed by atoms with E-state index < -0.39 is 5.60 Å². The van der Waals surface area contributed by atoms with Gasteiger partial charge in [-0.05, 0) is 82.2 Å². The first-order valence-corrected chi connectivity index (χ1v) is 13.0. The van der Waals surface area contributed by atoms with Gasteiger partial charge in [0.15, 0.2) is 5.82 Å². The van der Waals surface area contributed by atoms with E-state index in [0.29, 0.717) is 29.9 Å². The topological polar surface area (TPSA) is 72.6 Å². The molecule has 0 saturated heterocycles. The molecule has 0 radical (unpaired) electrons. The largest absolute Gasteiger partial charge is 0.444 e. The summed E-state index contributed by atoms with van der Waals surface area (Å²) in [4.78, 5) is 19.3. The van der Waals surface area contributed by atoms with Gasteiger partial charge in [-0.15, -0.1) is 10.2 Å². The highest BCUT2D eigenvalue weighted by Crippen LogP contribution is 2.41. The van der Waals surface area contributed by atoms with Crippen molar-refractivity contribution >= 4 is 35.5 Å². The number of allylic oxidation sites excluding steroid dienone is 1. The van der Waals surface area contributed by atoms with E-state index in [2.05, 4.69) is 19.8 Å². The molecular weight excluding hydrogens is 485 g/mol. The third kappa shape index (κ3) is 5.26. The third-order valence-electron chi connectivity index (χ3n) is 7.00. The standard InChI is InChI=1S/C26H31Cl2N5O2/c1-26(2,3)35-25(34)32-14-18-12-19(27)8-9-22(18)33-23(15-32)30-31-24(33)17-6-4-16(5-7-17)21-13-20(28)10-11-29-21/h8-12,16-17,21H,4-7,13-15H2,1-3H3. The lowest BCUT2D eigenvalue weighted by Gasteiger charge is -2.32. The van der Waals surface area contributed by atoms with Crippen LogP contribution < -0.4 is 0 Å². The molecule has 7 nitrogen and oxygen atoms in total. The van der Waals surface area contributed by atoms with E-state index in [4.69, 9.17) is 27.9 Å². The fraction of sp³-hybridized carbons (Fsp3) is 0.538. The van der Waals surface area contributed by atoms with E-state index in [1.165, 1.54) is 0 Å². The van der Waals surface area contributed by atoms with Crippen molar-refractivity contribution in [3.05, 3.63) is 51.5 Å². The number of fused-ring (bicyclic) bond motifs is 3. The van der Waals surface area contributed by atoms with Crippen molar-refractivity contribution in [2.75, 3.05) is 0 Å². The van der Waals surface area contributed by atoms with E-state index >= 15 is 0 Å². The van der Waals surface area contributed by atoms with Crippen LogP contribution in [0.25, 0.3) is 5.69 Å². The van der Waals surface area contributed by atoms with Gasteiger partial charge in [0.25, 0.3) is 0 Å². The maximum atomic E-state index is 13.0.